The number of fused-ring (bicyclic) bond motifs is 2. The molecular formula is C30H26BrNO5. The fraction of sp³-hybridized carbons (Fsp3) is 0.200. The van der Waals surface area contributed by atoms with Crippen LogP contribution >= 0.6 is 15.9 Å². The fourth-order valence-corrected chi connectivity index (χ4v) is 5.46. The first-order valence-electron chi connectivity index (χ1n) is 11.8. The lowest BCUT2D eigenvalue weighted by Crippen LogP contribution is -2.29. The normalized spacial score (nSPS) is 16.2. The van der Waals surface area contributed by atoms with Crippen molar-refractivity contribution in [1.29, 1.82) is 0 Å². The summed E-state index contributed by atoms with van der Waals surface area (Å²) >= 11 is 3.69. The van der Waals surface area contributed by atoms with Crippen molar-refractivity contribution in [1.82, 2.24) is 5.32 Å². The Hall–Kier alpha value is -3.84. The predicted octanol–water partition coefficient (Wildman–Crippen LogP) is 6.09. The number of hydrogen-bond donors (Lipinski definition) is 1. The monoisotopic (exact) mass is 559 g/mol. The third-order valence-corrected chi connectivity index (χ3v) is 7.45. The first kappa shape index (κ1) is 24.8. The molecule has 37 heavy (non-hydrogen) atoms. The van der Waals surface area contributed by atoms with Crippen molar-refractivity contribution in [2.75, 3.05) is 14.2 Å². The SMILES string of the molecule is COC(=O)C1=C(C)NC2=C(C(=O)c3ccccc32)[C@@H]1c1cc(OC)c(OCc2ccc(C)cc2)cc1Br. The zero-order chi connectivity index (χ0) is 26.3. The molecule has 0 amide bonds. The second-order valence-corrected chi connectivity index (χ2v) is 9.90. The Kier molecular flexibility index (Phi) is 6.65. The van der Waals surface area contributed by atoms with E-state index in [1.807, 2.05) is 68.4 Å². The van der Waals surface area contributed by atoms with Crippen LogP contribution in [-0.2, 0) is 16.1 Å². The molecule has 2 aliphatic rings. The molecule has 0 bridgehead atoms. The third kappa shape index (κ3) is 4.33. The molecular weight excluding hydrogens is 534 g/mol. The number of ether oxygens (including phenoxy) is 3. The molecule has 5 rings (SSSR count). The number of esters is 1. The summed E-state index contributed by atoms with van der Waals surface area (Å²) in [6.07, 6.45) is 0. The smallest absolute Gasteiger partial charge is 0.336 e. The van der Waals surface area contributed by atoms with Crippen LogP contribution in [0.25, 0.3) is 5.70 Å². The molecule has 0 radical (unpaired) electrons. The van der Waals surface area contributed by atoms with Gasteiger partial charge in [0, 0.05) is 26.9 Å². The molecule has 0 aromatic heterocycles. The lowest BCUT2D eigenvalue weighted by atomic mass is 9.79. The molecule has 1 aliphatic heterocycles. The Bertz CT molecular complexity index is 1490. The maximum atomic E-state index is 13.7. The Morgan fingerprint density at radius 3 is 2.35 bits per heavy atom. The highest BCUT2D eigenvalue weighted by Crippen LogP contribution is 2.50. The van der Waals surface area contributed by atoms with Crippen LogP contribution in [0, 0.1) is 6.92 Å². The van der Waals surface area contributed by atoms with E-state index in [9.17, 15) is 9.59 Å². The van der Waals surface area contributed by atoms with E-state index in [0.29, 0.717) is 56.2 Å². The second-order valence-electron chi connectivity index (χ2n) is 9.05. The first-order valence-corrected chi connectivity index (χ1v) is 12.6. The maximum absolute atomic E-state index is 13.7. The van der Waals surface area contributed by atoms with Gasteiger partial charge in [0.15, 0.2) is 17.3 Å². The summed E-state index contributed by atoms with van der Waals surface area (Å²) in [4.78, 5) is 26.7. The molecule has 0 saturated heterocycles. The molecule has 3 aromatic carbocycles. The summed E-state index contributed by atoms with van der Waals surface area (Å²) in [5.41, 5.74) is 6.55. The summed E-state index contributed by atoms with van der Waals surface area (Å²) in [6, 6.07) is 19.2. The Labute approximate surface area is 224 Å². The van der Waals surface area contributed by atoms with Gasteiger partial charge in [-0.25, -0.2) is 4.79 Å². The number of ketones is 1. The summed E-state index contributed by atoms with van der Waals surface area (Å²) < 4.78 is 17.6. The van der Waals surface area contributed by atoms with Crippen LogP contribution in [-0.4, -0.2) is 26.0 Å². The topological polar surface area (TPSA) is 73.9 Å². The minimum Gasteiger partial charge on any atom is -0.493 e. The van der Waals surface area contributed by atoms with E-state index in [4.69, 9.17) is 14.2 Å². The minimum absolute atomic E-state index is 0.123. The van der Waals surface area contributed by atoms with Crippen molar-refractivity contribution in [3.8, 4) is 11.5 Å². The van der Waals surface area contributed by atoms with Crippen LogP contribution in [0.4, 0.5) is 0 Å². The Morgan fingerprint density at radius 2 is 1.68 bits per heavy atom. The number of carbonyl (C=O) groups is 2. The summed E-state index contributed by atoms with van der Waals surface area (Å²) in [6.45, 7) is 4.22. The van der Waals surface area contributed by atoms with Crippen molar-refractivity contribution in [3.05, 3.63) is 110 Å². The van der Waals surface area contributed by atoms with Gasteiger partial charge in [-0.3, -0.25) is 4.79 Å². The molecule has 188 valence electrons. The number of rotatable bonds is 6. The maximum Gasteiger partial charge on any atom is 0.336 e. The van der Waals surface area contributed by atoms with E-state index < -0.39 is 11.9 Å². The van der Waals surface area contributed by atoms with Crippen LogP contribution in [0.1, 0.15) is 45.5 Å². The van der Waals surface area contributed by atoms with Crippen molar-refractivity contribution in [2.24, 2.45) is 0 Å². The molecule has 1 heterocycles. The molecule has 0 saturated carbocycles. The summed E-state index contributed by atoms with van der Waals surface area (Å²) in [5, 5.41) is 3.30. The number of Topliss-reactive ketones (excluding diaryl/α,β-unsaturated/α-hetero) is 1. The highest BCUT2D eigenvalue weighted by atomic mass is 79.9. The number of dihydropyridines is 1. The fourth-order valence-electron chi connectivity index (χ4n) is 4.91. The molecule has 3 aromatic rings. The standard InChI is InChI=1S/C30H26BrNO5/c1-16-9-11-18(12-10-16)15-37-24-14-22(31)21(13-23(24)35-3)26-25(30(34)36-4)17(2)32-28-19-7-5-6-8-20(19)29(33)27(26)28/h5-14,26,32H,15H2,1-4H3/t26-/m1/s1. The minimum atomic E-state index is -0.668. The number of hydrogen-bond acceptors (Lipinski definition) is 6. The van der Waals surface area contributed by atoms with Crippen LogP contribution in [0.3, 0.4) is 0 Å². The molecule has 1 aliphatic carbocycles. The largest absolute Gasteiger partial charge is 0.493 e. The van der Waals surface area contributed by atoms with E-state index in [1.165, 1.54) is 12.7 Å². The van der Waals surface area contributed by atoms with Gasteiger partial charge in [0.05, 0.1) is 31.4 Å². The summed E-state index contributed by atoms with van der Waals surface area (Å²) in [5.74, 6) is -0.254. The van der Waals surface area contributed by atoms with Crippen LogP contribution in [0.15, 0.2) is 82.0 Å². The molecule has 6 nitrogen and oxygen atoms in total. The van der Waals surface area contributed by atoms with E-state index in [1.54, 1.807) is 13.2 Å². The first-order chi connectivity index (χ1) is 17.8. The molecule has 0 spiro atoms. The van der Waals surface area contributed by atoms with Crippen molar-refractivity contribution in [2.45, 2.75) is 26.4 Å². The van der Waals surface area contributed by atoms with E-state index in [2.05, 4.69) is 21.2 Å². The lowest BCUT2D eigenvalue weighted by Gasteiger charge is -2.30. The number of benzene rings is 3. The molecule has 1 atom stereocenters. The van der Waals surface area contributed by atoms with Gasteiger partial charge in [0.1, 0.15) is 6.61 Å². The van der Waals surface area contributed by atoms with Gasteiger partial charge in [-0.2, -0.15) is 0 Å². The average molecular weight is 560 g/mol. The van der Waals surface area contributed by atoms with Gasteiger partial charge in [0.25, 0.3) is 0 Å². The molecule has 1 N–H and O–H groups in total. The van der Waals surface area contributed by atoms with E-state index in [0.717, 1.165) is 11.1 Å². The van der Waals surface area contributed by atoms with Gasteiger partial charge in [-0.15, -0.1) is 0 Å². The number of allylic oxidation sites excluding steroid dienone is 2. The quantitative estimate of drug-likeness (QED) is 0.368. The number of methoxy groups -OCH3 is 2. The van der Waals surface area contributed by atoms with Crippen LogP contribution in [0.5, 0.6) is 11.5 Å². The lowest BCUT2D eigenvalue weighted by molar-refractivity contribution is -0.136. The van der Waals surface area contributed by atoms with Gasteiger partial charge >= 0.3 is 5.97 Å². The van der Waals surface area contributed by atoms with Gasteiger partial charge in [-0.1, -0.05) is 70.0 Å². The van der Waals surface area contributed by atoms with Crippen LogP contribution < -0.4 is 14.8 Å². The highest BCUT2D eigenvalue weighted by molar-refractivity contribution is 9.10. The van der Waals surface area contributed by atoms with Gasteiger partial charge in [-0.05, 0) is 37.1 Å². The Morgan fingerprint density at radius 1 is 0.973 bits per heavy atom. The second kappa shape index (κ2) is 9.90. The number of nitrogens with one attached hydrogen (secondary N) is 1. The predicted molar refractivity (Wildman–Crippen MR) is 144 cm³/mol. The van der Waals surface area contributed by atoms with E-state index >= 15 is 0 Å². The zero-order valence-electron chi connectivity index (χ0n) is 21.0. The molecule has 0 fully saturated rings. The highest BCUT2D eigenvalue weighted by Gasteiger charge is 2.43. The summed E-state index contributed by atoms with van der Waals surface area (Å²) in [7, 11) is 2.91. The number of halogens is 1. The van der Waals surface area contributed by atoms with Gasteiger partial charge in [0.2, 0.25) is 0 Å². The van der Waals surface area contributed by atoms with Crippen molar-refractivity contribution >= 4 is 33.4 Å². The molecule has 7 heteroatoms. The van der Waals surface area contributed by atoms with Crippen LogP contribution in [0.2, 0.25) is 0 Å². The average Bonchev–Trinajstić information content (AvgIpc) is 3.18. The number of carbonyl (C=O) groups excluding carboxylic acids is 2. The number of aryl methyl sites for hydroxylation is 1. The molecule has 0 unspecified atom stereocenters. The van der Waals surface area contributed by atoms with Gasteiger partial charge < -0.3 is 19.5 Å². The third-order valence-electron chi connectivity index (χ3n) is 6.76. The Balaban J connectivity index is 1.60. The van der Waals surface area contributed by atoms with E-state index in [-0.39, 0.29) is 5.78 Å². The van der Waals surface area contributed by atoms with Crippen molar-refractivity contribution in [3.63, 3.8) is 0 Å². The van der Waals surface area contributed by atoms with Crippen molar-refractivity contribution < 1.29 is 23.8 Å². The zero-order valence-corrected chi connectivity index (χ0v) is 22.6.